The van der Waals surface area contributed by atoms with E-state index in [-0.39, 0.29) is 18.0 Å². The smallest absolute Gasteiger partial charge is 0.250 e. The van der Waals surface area contributed by atoms with Crippen LogP contribution >= 0.6 is 0 Å². The Labute approximate surface area is 141 Å². The highest BCUT2D eigenvalue weighted by atomic mass is 16.2. The van der Waals surface area contributed by atoms with Crippen molar-refractivity contribution in [2.45, 2.75) is 25.8 Å². The van der Waals surface area contributed by atoms with E-state index < -0.39 is 0 Å². The topological polar surface area (TPSA) is 54.3 Å². The fourth-order valence-corrected chi connectivity index (χ4v) is 3.14. The largest absolute Gasteiger partial charge is 0.371 e. The van der Waals surface area contributed by atoms with Crippen LogP contribution in [0.2, 0.25) is 0 Å². The van der Waals surface area contributed by atoms with Crippen molar-refractivity contribution in [1.82, 2.24) is 9.88 Å². The van der Waals surface area contributed by atoms with E-state index in [2.05, 4.69) is 34.5 Å². The summed E-state index contributed by atoms with van der Waals surface area (Å²) in [5, 5.41) is 2.90. The number of hydrogen-bond acceptors (Lipinski definition) is 3. The molecule has 3 rings (SSSR count). The second-order valence-electron chi connectivity index (χ2n) is 6.09. The van der Waals surface area contributed by atoms with Crippen molar-refractivity contribution >= 4 is 11.6 Å². The van der Waals surface area contributed by atoms with Crippen LogP contribution in [-0.4, -0.2) is 30.1 Å². The van der Waals surface area contributed by atoms with Crippen molar-refractivity contribution in [3.8, 4) is 0 Å². The van der Waals surface area contributed by atoms with Crippen molar-refractivity contribution in [3.63, 3.8) is 0 Å². The number of benzene rings is 1. The summed E-state index contributed by atoms with van der Waals surface area (Å²) in [7, 11) is 0. The number of nitrogens with zero attached hydrogens (tertiary/aromatic N) is 2. The Hall–Kier alpha value is -2.56. The van der Waals surface area contributed by atoms with E-state index >= 15 is 0 Å². The molecular weight excluding hydrogens is 302 g/mol. The van der Waals surface area contributed by atoms with Gasteiger partial charge in [-0.15, -0.1) is 0 Å². The van der Waals surface area contributed by atoms with Crippen molar-refractivity contribution in [1.29, 1.82) is 0 Å². The Morgan fingerprint density at radius 3 is 2.83 bits per heavy atom. The molecule has 0 saturated carbocycles. The van der Waals surface area contributed by atoms with E-state index in [9.17, 15) is 9.59 Å². The molecule has 5 nitrogen and oxygen atoms in total. The summed E-state index contributed by atoms with van der Waals surface area (Å²) in [5.41, 5.74) is 2.58. The molecule has 0 radical (unpaired) electrons. The molecular formula is C19H23N3O2. The Balaban J connectivity index is 1.44. The van der Waals surface area contributed by atoms with Gasteiger partial charge in [-0.05, 0) is 37.0 Å². The standard InChI is InChI=1S/C19H23N3O2/c23-18(15-22-12-4-3-10-19(22)24)20-11-6-14-21-13-5-8-16-7-1-2-9-17(16)21/h1-4,7,9-10,12H,5-6,8,11,13-15H2,(H,20,23). The fourth-order valence-electron chi connectivity index (χ4n) is 3.14. The molecule has 5 heteroatoms. The highest BCUT2D eigenvalue weighted by Gasteiger charge is 2.15. The molecule has 126 valence electrons. The van der Waals surface area contributed by atoms with Gasteiger partial charge in [0.15, 0.2) is 0 Å². The number of aromatic nitrogens is 1. The Morgan fingerprint density at radius 2 is 1.96 bits per heavy atom. The predicted molar refractivity (Wildman–Crippen MR) is 95.3 cm³/mol. The van der Waals surface area contributed by atoms with Crippen LogP contribution in [-0.2, 0) is 17.8 Å². The van der Waals surface area contributed by atoms with E-state index in [0.29, 0.717) is 6.54 Å². The number of fused-ring (bicyclic) bond motifs is 1. The van der Waals surface area contributed by atoms with Crippen LogP contribution in [0.4, 0.5) is 5.69 Å². The van der Waals surface area contributed by atoms with Gasteiger partial charge < -0.3 is 14.8 Å². The molecule has 0 aliphatic carbocycles. The molecule has 2 aromatic rings. The lowest BCUT2D eigenvalue weighted by Gasteiger charge is -2.31. The van der Waals surface area contributed by atoms with Gasteiger partial charge in [-0.3, -0.25) is 9.59 Å². The molecule has 1 aliphatic rings. The van der Waals surface area contributed by atoms with Crippen molar-refractivity contribution in [2.75, 3.05) is 24.5 Å². The first kappa shape index (κ1) is 16.3. The number of rotatable bonds is 6. The molecule has 1 N–H and O–H groups in total. The second-order valence-corrected chi connectivity index (χ2v) is 6.09. The zero-order valence-electron chi connectivity index (χ0n) is 13.8. The van der Waals surface area contributed by atoms with E-state index in [4.69, 9.17) is 0 Å². The number of aryl methyl sites for hydroxylation is 1. The summed E-state index contributed by atoms with van der Waals surface area (Å²) < 4.78 is 1.41. The van der Waals surface area contributed by atoms with Crippen molar-refractivity contribution in [2.24, 2.45) is 0 Å². The third-order valence-corrected chi connectivity index (χ3v) is 4.35. The van der Waals surface area contributed by atoms with Gasteiger partial charge >= 0.3 is 0 Å². The molecule has 0 unspecified atom stereocenters. The number of anilines is 1. The van der Waals surface area contributed by atoms with Crippen molar-refractivity contribution in [3.05, 3.63) is 64.6 Å². The normalized spacial score (nSPS) is 13.4. The molecule has 1 aromatic heterocycles. The molecule has 1 aliphatic heterocycles. The minimum absolute atomic E-state index is 0.0756. The van der Waals surface area contributed by atoms with Gasteiger partial charge in [0, 0.05) is 37.6 Å². The molecule has 1 amide bonds. The highest BCUT2D eigenvalue weighted by molar-refractivity contribution is 5.75. The Kier molecular flexibility index (Phi) is 5.31. The number of para-hydroxylation sites is 1. The van der Waals surface area contributed by atoms with Gasteiger partial charge in [-0.2, -0.15) is 0 Å². The molecule has 0 bridgehead atoms. The second kappa shape index (κ2) is 7.81. The van der Waals surface area contributed by atoms with Gasteiger partial charge in [-0.25, -0.2) is 0 Å². The van der Waals surface area contributed by atoms with E-state index in [1.807, 2.05) is 0 Å². The van der Waals surface area contributed by atoms with Crippen LogP contribution < -0.4 is 15.8 Å². The first-order valence-corrected chi connectivity index (χ1v) is 8.49. The van der Waals surface area contributed by atoms with Crippen LogP contribution in [0.15, 0.2) is 53.5 Å². The molecule has 1 aromatic carbocycles. The summed E-state index contributed by atoms with van der Waals surface area (Å²) in [5.74, 6) is -0.123. The molecule has 0 saturated heterocycles. The fraction of sp³-hybridized carbons (Fsp3) is 0.368. The van der Waals surface area contributed by atoms with Crippen LogP contribution in [0, 0.1) is 0 Å². The van der Waals surface area contributed by atoms with Crippen LogP contribution in [0.1, 0.15) is 18.4 Å². The summed E-state index contributed by atoms with van der Waals surface area (Å²) >= 11 is 0. The van der Waals surface area contributed by atoms with E-state index in [1.54, 1.807) is 18.3 Å². The first-order valence-electron chi connectivity index (χ1n) is 8.49. The average Bonchev–Trinajstić information content (AvgIpc) is 2.61. The Bertz CT molecular complexity index is 754. The minimum atomic E-state index is -0.155. The van der Waals surface area contributed by atoms with Crippen LogP contribution in [0.25, 0.3) is 0 Å². The first-order chi connectivity index (χ1) is 11.7. The monoisotopic (exact) mass is 325 g/mol. The maximum absolute atomic E-state index is 11.9. The molecule has 2 heterocycles. The van der Waals surface area contributed by atoms with Crippen molar-refractivity contribution < 1.29 is 4.79 Å². The van der Waals surface area contributed by atoms with Gasteiger partial charge in [0.2, 0.25) is 5.91 Å². The van der Waals surface area contributed by atoms with Gasteiger partial charge in [0.1, 0.15) is 6.54 Å². The number of amides is 1. The van der Waals surface area contributed by atoms with E-state index in [1.165, 1.54) is 28.3 Å². The summed E-state index contributed by atoms with van der Waals surface area (Å²) in [4.78, 5) is 25.9. The zero-order chi connectivity index (χ0) is 16.8. The van der Waals surface area contributed by atoms with Gasteiger partial charge in [0.25, 0.3) is 5.56 Å². The number of carbonyl (C=O) groups is 1. The maximum Gasteiger partial charge on any atom is 0.250 e. The number of hydrogen-bond donors (Lipinski definition) is 1. The number of nitrogens with one attached hydrogen (secondary N) is 1. The predicted octanol–water partition coefficient (Wildman–Crippen LogP) is 1.81. The summed E-state index contributed by atoms with van der Waals surface area (Å²) in [6.45, 7) is 2.71. The molecule has 0 atom stereocenters. The Morgan fingerprint density at radius 1 is 1.12 bits per heavy atom. The lowest BCUT2D eigenvalue weighted by Crippen LogP contribution is -2.35. The van der Waals surface area contributed by atoms with Crippen LogP contribution in [0.3, 0.4) is 0 Å². The average molecular weight is 325 g/mol. The SMILES string of the molecule is O=C(Cn1ccccc1=O)NCCCN1CCCc2ccccc21. The third kappa shape index (κ3) is 4.04. The molecule has 24 heavy (non-hydrogen) atoms. The zero-order valence-corrected chi connectivity index (χ0v) is 13.8. The number of pyridine rings is 1. The van der Waals surface area contributed by atoms with Gasteiger partial charge in [0.05, 0.1) is 0 Å². The van der Waals surface area contributed by atoms with Crippen LogP contribution in [0.5, 0.6) is 0 Å². The maximum atomic E-state index is 11.9. The highest BCUT2D eigenvalue weighted by Crippen LogP contribution is 2.26. The number of carbonyl (C=O) groups excluding carboxylic acids is 1. The molecule has 0 fully saturated rings. The molecule has 0 spiro atoms. The third-order valence-electron chi connectivity index (χ3n) is 4.35. The summed E-state index contributed by atoms with van der Waals surface area (Å²) in [6, 6.07) is 13.4. The van der Waals surface area contributed by atoms with E-state index in [0.717, 1.165) is 25.9 Å². The quantitative estimate of drug-likeness (QED) is 0.824. The summed E-state index contributed by atoms with van der Waals surface area (Å²) in [6.07, 6.45) is 4.85. The lowest BCUT2D eigenvalue weighted by atomic mass is 10.0. The minimum Gasteiger partial charge on any atom is -0.371 e. The van der Waals surface area contributed by atoms with Gasteiger partial charge in [-0.1, -0.05) is 24.3 Å². The lowest BCUT2D eigenvalue weighted by molar-refractivity contribution is -0.121.